The molecule has 1 aliphatic rings. The molecule has 0 saturated carbocycles. The van der Waals surface area contributed by atoms with Crippen molar-refractivity contribution in [3.8, 4) is 0 Å². The Labute approximate surface area is 162 Å². The van der Waals surface area contributed by atoms with Gasteiger partial charge in [0.2, 0.25) is 0 Å². The number of carbonyl (C=O) groups excluding carboxylic acids is 1. The third-order valence-corrected chi connectivity index (χ3v) is 4.99. The van der Waals surface area contributed by atoms with E-state index in [0.29, 0.717) is 5.69 Å². The van der Waals surface area contributed by atoms with Gasteiger partial charge in [0.25, 0.3) is 11.5 Å². The van der Waals surface area contributed by atoms with Gasteiger partial charge >= 0.3 is 0 Å². The predicted octanol–water partition coefficient (Wildman–Crippen LogP) is 1.000. The summed E-state index contributed by atoms with van der Waals surface area (Å²) in [6.45, 7) is 4.48. The monoisotopic (exact) mass is 378 g/mol. The third-order valence-electron chi connectivity index (χ3n) is 4.99. The molecule has 0 unspecified atom stereocenters. The summed E-state index contributed by atoms with van der Waals surface area (Å²) in [5, 5.41) is 2.58. The molecule has 8 nitrogen and oxygen atoms in total. The van der Waals surface area contributed by atoms with Gasteiger partial charge in [0.15, 0.2) is 0 Å². The van der Waals surface area contributed by atoms with Crippen LogP contribution in [0.5, 0.6) is 0 Å². The van der Waals surface area contributed by atoms with Crippen molar-refractivity contribution in [2.75, 3.05) is 38.1 Å². The Morgan fingerprint density at radius 1 is 1.11 bits per heavy atom. The molecule has 8 heteroatoms. The van der Waals surface area contributed by atoms with E-state index in [4.69, 9.17) is 0 Å². The molecular weight excluding hydrogens is 356 g/mol. The normalized spacial score (nSPS) is 15.0. The Morgan fingerprint density at radius 3 is 2.64 bits per heavy atom. The third kappa shape index (κ3) is 3.86. The Bertz CT molecular complexity index is 1040. The Balaban J connectivity index is 1.37. The maximum Gasteiger partial charge on any atom is 0.269 e. The first-order chi connectivity index (χ1) is 13.6. The van der Waals surface area contributed by atoms with E-state index in [9.17, 15) is 9.59 Å². The molecule has 28 heavy (non-hydrogen) atoms. The Morgan fingerprint density at radius 2 is 1.93 bits per heavy atom. The van der Waals surface area contributed by atoms with Gasteiger partial charge in [0, 0.05) is 39.8 Å². The second kappa shape index (κ2) is 7.77. The van der Waals surface area contributed by atoms with Crippen LogP contribution in [0.4, 0.5) is 5.69 Å². The summed E-state index contributed by atoms with van der Waals surface area (Å²) >= 11 is 0. The Kier molecular flexibility index (Phi) is 5.03. The van der Waals surface area contributed by atoms with Crippen molar-refractivity contribution in [1.82, 2.24) is 25.2 Å². The number of fused-ring (bicyclic) bond motifs is 1. The van der Waals surface area contributed by atoms with Gasteiger partial charge in [-0.05, 0) is 29.8 Å². The van der Waals surface area contributed by atoms with E-state index < -0.39 is 0 Å². The number of benzene rings is 1. The van der Waals surface area contributed by atoms with Crippen LogP contribution >= 0.6 is 0 Å². The molecule has 1 amide bonds. The maximum absolute atomic E-state index is 11.6. The van der Waals surface area contributed by atoms with Gasteiger partial charge in [-0.3, -0.25) is 14.5 Å². The van der Waals surface area contributed by atoms with Gasteiger partial charge in [-0.2, -0.15) is 0 Å². The lowest BCUT2D eigenvalue weighted by atomic mass is 10.1. The number of aromatic nitrogens is 3. The minimum Gasteiger partial charge on any atom is -0.368 e. The standard InChI is InChI=1S/C20H22N6O2/c1-21-20(28)17-5-3-15(11-22-17)26-8-6-25(7-9-26)13-14-2-4-16-18(10-14)24-19(27)12-23-16/h2-5,10-12H,6-9,13H2,1H3,(H,21,28)(H,24,27). The molecule has 0 spiro atoms. The molecule has 0 aliphatic carbocycles. The van der Waals surface area contributed by atoms with Crippen molar-refractivity contribution in [3.63, 3.8) is 0 Å². The van der Waals surface area contributed by atoms with Gasteiger partial charge in [-0.25, -0.2) is 9.97 Å². The van der Waals surface area contributed by atoms with Crippen molar-refractivity contribution in [1.29, 1.82) is 0 Å². The smallest absolute Gasteiger partial charge is 0.269 e. The van der Waals surface area contributed by atoms with Crippen molar-refractivity contribution in [3.05, 3.63) is 64.3 Å². The van der Waals surface area contributed by atoms with Gasteiger partial charge in [-0.15, -0.1) is 0 Å². The van der Waals surface area contributed by atoms with Crippen LogP contribution in [0.15, 0.2) is 47.5 Å². The maximum atomic E-state index is 11.6. The van der Waals surface area contributed by atoms with E-state index in [-0.39, 0.29) is 11.5 Å². The summed E-state index contributed by atoms with van der Waals surface area (Å²) in [5.41, 5.74) is 3.98. The average molecular weight is 378 g/mol. The minimum absolute atomic E-state index is 0.178. The lowest BCUT2D eigenvalue weighted by Crippen LogP contribution is -2.46. The fourth-order valence-electron chi connectivity index (χ4n) is 3.45. The van der Waals surface area contributed by atoms with E-state index >= 15 is 0 Å². The molecule has 0 atom stereocenters. The number of rotatable bonds is 4. The molecule has 3 heterocycles. The molecule has 144 valence electrons. The lowest BCUT2D eigenvalue weighted by molar-refractivity contribution is 0.0958. The number of anilines is 1. The molecule has 1 saturated heterocycles. The molecule has 1 aliphatic heterocycles. The Hall–Kier alpha value is -3.26. The highest BCUT2D eigenvalue weighted by molar-refractivity contribution is 5.92. The zero-order valence-electron chi connectivity index (χ0n) is 15.7. The summed E-state index contributed by atoms with van der Waals surface area (Å²) in [5.74, 6) is -0.178. The SMILES string of the molecule is CNC(=O)c1ccc(N2CCN(Cc3ccc4ncc(=O)[nH]c4c3)CC2)cn1. The van der Waals surface area contributed by atoms with E-state index in [0.717, 1.165) is 55.0 Å². The van der Waals surface area contributed by atoms with Crippen molar-refractivity contribution < 1.29 is 4.79 Å². The number of nitrogens with zero attached hydrogens (tertiary/aromatic N) is 4. The van der Waals surface area contributed by atoms with Gasteiger partial charge in [-0.1, -0.05) is 6.07 Å². The van der Waals surface area contributed by atoms with Gasteiger partial charge < -0.3 is 15.2 Å². The largest absolute Gasteiger partial charge is 0.368 e. The first-order valence-electron chi connectivity index (χ1n) is 9.26. The molecular formula is C20H22N6O2. The van der Waals surface area contributed by atoms with Crippen LogP contribution in [-0.4, -0.2) is 59.0 Å². The van der Waals surface area contributed by atoms with Crippen LogP contribution in [0.2, 0.25) is 0 Å². The number of pyridine rings is 1. The topological polar surface area (TPSA) is 94.2 Å². The van der Waals surface area contributed by atoms with Crippen molar-refractivity contribution in [2.45, 2.75) is 6.54 Å². The van der Waals surface area contributed by atoms with Crippen LogP contribution in [-0.2, 0) is 6.54 Å². The minimum atomic E-state index is -0.186. The first kappa shape index (κ1) is 18.1. The molecule has 0 bridgehead atoms. The van der Waals surface area contributed by atoms with E-state index in [1.165, 1.54) is 6.20 Å². The number of piperazine rings is 1. The quantitative estimate of drug-likeness (QED) is 0.703. The van der Waals surface area contributed by atoms with Crippen molar-refractivity contribution in [2.24, 2.45) is 0 Å². The van der Waals surface area contributed by atoms with Crippen LogP contribution in [0.3, 0.4) is 0 Å². The summed E-state index contributed by atoms with van der Waals surface area (Å²) in [4.78, 5) is 39.0. The van der Waals surface area contributed by atoms with Gasteiger partial charge in [0.05, 0.1) is 29.1 Å². The van der Waals surface area contributed by atoms with E-state index in [2.05, 4.69) is 36.1 Å². The number of nitrogens with one attached hydrogen (secondary N) is 2. The van der Waals surface area contributed by atoms with Crippen LogP contribution in [0, 0.1) is 0 Å². The summed E-state index contributed by atoms with van der Waals surface area (Å²) < 4.78 is 0. The van der Waals surface area contributed by atoms with E-state index in [1.807, 2.05) is 18.2 Å². The molecule has 0 radical (unpaired) electrons. The zero-order chi connectivity index (χ0) is 19.5. The van der Waals surface area contributed by atoms with Crippen LogP contribution in [0.1, 0.15) is 16.1 Å². The number of hydrogen-bond donors (Lipinski definition) is 2. The fourth-order valence-corrected chi connectivity index (χ4v) is 3.45. The highest BCUT2D eigenvalue weighted by Crippen LogP contribution is 2.18. The molecule has 1 fully saturated rings. The zero-order valence-corrected chi connectivity index (χ0v) is 15.7. The number of hydrogen-bond acceptors (Lipinski definition) is 6. The number of aromatic amines is 1. The second-order valence-electron chi connectivity index (χ2n) is 6.84. The highest BCUT2D eigenvalue weighted by atomic mass is 16.1. The molecule has 3 aromatic rings. The number of H-pyrrole nitrogens is 1. The fraction of sp³-hybridized carbons (Fsp3) is 0.300. The van der Waals surface area contributed by atoms with Crippen molar-refractivity contribution >= 4 is 22.6 Å². The van der Waals surface area contributed by atoms with Gasteiger partial charge in [0.1, 0.15) is 5.69 Å². The molecule has 2 N–H and O–H groups in total. The predicted molar refractivity (Wildman–Crippen MR) is 107 cm³/mol. The average Bonchev–Trinajstić information content (AvgIpc) is 2.73. The lowest BCUT2D eigenvalue weighted by Gasteiger charge is -2.36. The summed E-state index contributed by atoms with van der Waals surface area (Å²) in [6, 6.07) is 9.69. The van der Waals surface area contributed by atoms with E-state index in [1.54, 1.807) is 19.3 Å². The molecule has 2 aromatic heterocycles. The van der Waals surface area contributed by atoms with Crippen LogP contribution in [0.25, 0.3) is 11.0 Å². The highest BCUT2D eigenvalue weighted by Gasteiger charge is 2.18. The number of amides is 1. The first-order valence-corrected chi connectivity index (χ1v) is 9.26. The number of carbonyl (C=O) groups is 1. The summed E-state index contributed by atoms with van der Waals surface area (Å²) in [6.07, 6.45) is 3.06. The second-order valence-corrected chi connectivity index (χ2v) is 6.84. The van der Waals surface area contributed by atoms with Crippen LogP contribution < -0.4 is 15.8 Å². The molecule has 1 aromatic carbocycles. The molecule has 4 rings (SSSR count). The summed E-state index contributed by atoms with van der Waals surface area (Å²) in [7, 11) is 1.60.